The van der Waals surface area contributed by atoms with E-state index in [2.05, 4.69) is 69.3 Å². The molecule has 0 bridgehead atoms. The van der Waals surface area contributed by atoms with Crippen LogP contribution in [-0.4, -0.2) is 11.3 Å². The number of nitrogens with zero attached hydrogens (tertiary/aromatic N) is 1. The van der Waals surface area contributed by atoms with E-state index >= 15 is 0 Å². The van der Waals surface area contributed by atoms with Crippen LogP contribution in [0.15, 0.2) is 53.5 Å². The fraction of sp³-hybridized carbons (Fsp3) is 0.235. The molecule has 0 atom stereocenters. The molecule has 1 aliphatic rings. The van der Waals surface area contributed by atoms with Crippen molar-refractivity contribution < 1.29 is 0 Å². The van der Waals surface area contributed by atoms with Crippen molar-refractivity contribution in [1.82, 2.24) is 0 Å². The Morgan fingerprint density at radius 2 is 1.06 bits per heavy atom. The minimum atomic E-state index is -0.0557. The third-order valence-corrected chi connectivity index (χ3v) is 3.10. The fourth-order valence-corrected chi connectivity index (χ4v) is 2.45. The molecule has 90 valence electrons. The van der Waals surface area contributed by atoms with Gasteiger partial charge in [-0.25, -0.2) is 0 Å². The molecule has 0 heterocycles. The van der Waals surface area contributed by atoms with Gasteiger partial charge in [0.05, 0.1) is 11.3 Å². The Kier molecular flexibility index (Phi) is 2.37. The summed E-state index contributed by atoms with van der Waals surface area (Å²) in [6.07, 6.45) is 0. The second kappa shape index (κ2) is 3.81. The summed E-state index contributed by atoms with van der Waals surface area (Å²) in [5.74, 6) is 0. The third-order valence-electron chi connectivity index (χ3n) is 3.10. The van der Waals surface area contributed by atoms with Gasteiger partial charge in [-0.15, -0.1) is 0 Å². The van der Waals surface area contributed by atoms with Crippen LogP contribution < -0.4 is 0 Å². The Bertz CT molecular complexity index is 583. The van der Waals surface area contributed by atoms with Crippen molar-refractivity contribution in [3.05, 3.63) is 59.7 Å². The van der Waals surface area contributed by atoms with E-state index < -0.39 is 0 Å². The van der Waals surface area contributed by atoms with Crippen LogP contribution in [0.1, 0.15) is 31.9 Å². The second-order valence-electron chi connectivity index (χ2n) is 5.72. The van der Waals surface area contributed by atoms with E-state index in [4.69, 9.17) is 4.99 Å². The van der Waals surface area contributed by atoms with Crippen molar-refractivity contribution in [1.29, 1.82) is 0 Å². The molecule has 0 spiro atoms. The quantitative estimate of drug-likeness (QED) is 0.551. The van der Waals surface area contributed by atoms with E-state index in [1.54, 1.807) is 0 Å². The van der Waals surface area contributed by atoms with Gasteiger partial charge in [0.15, 0.2) is 0 Å². The van der Waals surface area contributed by atoms with Gasteiger partial charge in [-0.1, -0.05) is 48.5 Å². The van der Waals surface area contributed by atoms with Gasteiger partial charge in [0.1, 0.15) is 0 Å². The maximum absolute atomic E-state index is 4.91. The molecule has 0 aliphatic heterocycles. The zero-order valence-electron chi connectivity index (χ0n) is 11.1. The summed E-state index contributed by atoms with van der Waals surface area (Å²) in [6.45, 7) is 6.43. The van der Waals surface area contributed by atoms with Crippen LogP contribution in [-0.2, 0) is 0 Å². The number of hydrogen-bond donors (Lipinski definition) is 0. The van der Waals surface area contributed by atoms with E-state index in [1.165, 1.54) is 22.3 Å². The number of aliphatic imine (C=N–C) groups is 1. The standard InChI is InChI=1S/C17H17N/c1-17(2,3)18-16-14-10-6-4-8-12(14)13-9-5-7-11-15(13)16/h4-11H,1-3H3. The van der Waals surface area contributed by atoms with Gasteiger partial charge in [-0.05, 0) is 31.9 Å². The molecule has 0 saturated heterocycles. The van der Waals surface area contributed by atoms with Crippen molar-refractivity contribution in [2.75, 3.05) is 0 Å². The van der Waals surface area contributed by atoms with Crippen LogP contribution in [0, 0.1) is 0 Å². The molecular formula is C17H17N. The molecule has 0 saturated carbocycles. The zero-order valence-corrected chi connectivity index (χ0v) is 11.1. The summed E-state index contributed by atoms with van der Waals surface area (Å²) < 4.78 is 0. The Labute approximate surface area is 108 Å². The van der Waals surface area contributed by atoms with Gasteiger partial charge < -0.3 is 0 Å². The number of fused-ring (bicyclic) bond motifs is 3. The van der Waals surface area contributed by atoms with Crippen molar-refractivity contribution in [2.24, 2.45) is 4.99 Å². The molecule has 1 nitrogen and oxygen atoms in total. The van der Waals surface area contributed by atoms with Crippen LogP contribution in [0.5, 0.6) is 0 Å². The highest BCUT2D eigenvalue weighted by atomic mass is 14.8. The maximum Gasteiger partial charge on any atom is 0.0737 e. The molecular weight excluding hydrogens is 218 g/mol. The molecule has 0 N–H and O–H groups in total. The predicted octanol–water partition coefficient (Wildman–Crippen LogP) is 4.30. The highest BCUT2D eigenvalue weighted by Gasteiger charge is 2.25. The van der Waals surface area contributed by atoms with Crippen molar-refractivity contribution >= 4 is 5.71 Å². The molecule has 1 heteroatoms. The summed E-state index contributed by atoms with van der Waals surface area (Å²) >= 11 is 0. The summed E-state index contributed by atoms with van der Waals surface area (Å²) in [4.78, 5) is 4.91. The lowest BCUT2D eigenvalue weighted by Gasteiger charge is -2.14. The van der Waals surface area contributed by atoms with Gasteiger partial charge >= 0.3 is 0 Å². The third kappa shape index (κ3) is 1.76. The number of rotatable bonds is 0. The average molecular weight is 235 g/mol. The largest absolute Gasteiger partial charge is 0.278 e. The van der Waals surface area contributed by atoms with E-state index in [0.29, 0.717) is 0 Å². The molecule has 18 heavy (non-hydrogen) atoms. The van der Waals surface area contributed by atoms with Crippen LogP contribution in [0.3, 0.4) is 0 Å². The van der Waals surface area contributed by atoms with E-state index in [-0.39, 0.29) is 5.54 Å². The smallest absolute Gasteiger partial charge is 0.0737 e. The van der Waals surface area contributed by atoms with Crippen LogP contribution >= 0.6 is 0 Å². The molecule has 2 aromatic carbocycles. The average Bonchev–Trinajstić information content (AvgIpc) is 2.64. The van der Waals surface area contributed by atoms with Crippen molar-refractivity contribution in [3.8, 4) is 11.1 Å². The van der Waals surface area contributed by atoms with E-state index in [9.17, 15) is 0 Å². The maximum atomic E-state index is 4.91. The minimum Gasteiger partial charge on any atom is -0.278 e. The Hall–Kier alpha value is -1.89. The zero-order chi connectivity index (χ0) is 12.8. The predicted molar refractivity (Wildman–Crippen MR) is 77.3 cm³/mol. The van der Waals surface area contributed by atoms with Crippen LogP contribution in [0.25, 0.3) is 11.1 Å². The molecule has 0 amide bonds. The van der Waals surface area contributed by atoms with E-state index in [0.717, 1.165) is 5.71 Å². The lowest BCUT2D eigenvalue weighted by molar-refractivity contribution is 0.584. The van der Waals surface area contributed by atoms with Crippen molar-refractivity contribution in [3.63, 3.8) is 0 Å². The fourth-order valence-electron chi connectivity index (χ4n) is 2.45. The first kappa shape index (κ1) is 11.2. The molecule has 0 radical (unpaired) electrons. The van der Waals surface area contributed by atoms with Crippen LogP contribution in [0.2, 0.25) is 0 Å². The van der Waals surface area contributed by atoms with Gasteiger partial charge in [0.2, 0.25) is 0 Å². The Morgan fingerprint density at radius 1 is 0.667 bits per heavy atom. The lowest BCUT2D eigenvalue weighted by Crippen LogP contribution is -2.14. The summed E-state index contributed by atoms with van der Waals surface area (Å²) in [5.41, 5.74) is 6.20. The second-order valence-corrected chi connectivity index (χ2v) is 5.72. The summed E-state index contributed by atoms with van der Waals surface area (Å²) in [5, 5.41) is 0. The van der Waals surface area contributed by atoms with Gasteiger partial charge in [-0.2, -0.15) is 0 Å². The first-order valence-corrected chi connectivity index (χ1v) is 6.35. The van der Waals surface area contributed by atoms with Gasteiger partial charge in [-0.3, -0.25) is 4.99 Å². The topological polar surface area (TPSA) is 12.4 Å². The van der Waals surface area contributed by atoms with E-state index in [1.807, 2.05) is 0 Å². The SMILES string of the molecule is CC(C)(C)N=C1c2ccccc2-c2ccccc21. The van der Waals surface area contributed by atoms with Crippen molar-refractivity contribution in [2.45, 2.75) is 26.3 Å². The Balaban J connectivity index is 2.31. The highest BCUT2D eigenvalue weighted by Crippen LogP contribution is 2.37. The first-order chi connectivity index (χ1) is 8.56. The van der Waals surface area contributed by atoms with Gasteiger partial charge in [0, 0.05) is 11.1 Å². The highest BCUT2D eigenvalue weighted by molar-refractivity contribution is 6.24. The minimum absolute atomic E-state index is 0.0557. The molecule has 1 aliphatic carbocycles. The summed E-state index contributed by atoms with van der Waals surface area (Å²) in [6, 6.07) is 17.1. The Morgan fingerprint density at radius 3 is 1.44 bits per heavy atom. The lowest BCUT2D eigenvalue weighted by atomic mass is 10.1. The molecule has 0 unspecified atom stereocenters. The first-order valence-electron chi connectivity index (χ1n) is 6.35. The molecule has 0 fully saturated rings. The number of benzene rings is 2. The monoisotopic (exact) mass is 235 g/mol. The summed E-state index contributed by atoms with van der Waals surface area (Å²) in [7, 11) is 0. The molecule has 0 aromatic heterocycles. The number of hydrogen-bond acceptors (Lipinski definition) is 1. The molecule has 2 aromatic rings. The van der Waals surface area contributed by atoms with Gasteiger partial charge in [0.25, 0.3) is 0 Å². The normalized spacial score (nSPS) is 13.2. The van der Waals surface area contributed by atoms with Crippen LogP contribution in [0.4, 0.5) is 0 Å². The molecule has 3 rings (SSSR count).